The molecule has 0 bridgehead atoms. The maximum absolute atomic E-state index is 13.6. The van der Waals surface area contributed by atoms with Crippen LogP contribution in [0.25, 0.3) is 11.1 Å². The molecule has 59 heavy (non-hydrogen) atoms. The highest BCUT2D eigenvalue weighted by Gasteiger charge is 2.32. The van der Waals surface area contributed by atoms with Crippen molar-refractivity contribution in [1.82, 2.24) is 14.5 Å². The Hall–Kier alpha value is -5.45. The van der Waals surface area contributed by atoms with Gasteiger partial charge in [0.25, 0.3) is 26.8 Å². The zero-order valence-corrected chi connectivity index (χ0v) is 35.1. The van der Waals surface area contributed by atoms with E-state index in [2.05, 4.69) is 27.2 Å². The molecule has 308 valence electrons. The summed E-state index contributed by atoms with van der Waals surface area (Å²) in [5, 5.41) is 14.0. The number of carbonyl (C=O) groups excluding carboxylic acids is 2. The summed E-state index contributed by atoms with van der Waals surface area (Å²) in [5.41, 5.74) is 9.15. The second-order valence-electron chi connectivity index (χ2n) is 14.5. The Morgan fingerprint density at radius 2 is 1.58 bits per heavy atom. The number of hydrogen-bond donors (Lipinski definition) is 4. The zero-order chi connectivity index (χ0) is 42.1. The first-order chi connectivity index (χ1) is 28.3. The lowest BCUT2D eigenvalue weighted by Crippen LogP contribution is -2.46. The van der Waals surface area contributed by atoms with E-state index in [0.717, 1.165) is 61.0 Å². The highest BCUT2D eigenvalue weighted by Crippen LogP contribution is 2.34. The lowest BCUT2D eigenvalue weighted by molar-refractivity contribution is -0.729. The second-order valence-corrected chi connectivity index (χ2v) is 17.7. The largest absolute Gasteiger partial charge is 0.375 e. The first kappa shape index (κ1) is 43.1. The average molecular weight is 857 g/mol. The Kier molecular flexibility index (Phi) is 14.3. The van der Waals surface area contributed by atoms with Gasteiger partial charge in [0, 0.05) is 71.8 Å². The van der Waals surface area contributed by atoms with Crippen LogP contribution >= 0.6 is 23.4 Å². The number of thioether (sulfide) groups is 1. The number of carbonyl (C=O) groups is 2. The smallest absolute Gasteiger partial charge is 0.341 e. The van der Waals surface area contributed by atoms with Crippen LogP contribution in [0.15, 0.2) is 125 Å². The molecule has 1 aliphatic rings. The summed E-state index contributed by atoms with van der Waals surface area (Å²) in [4.78, 5) is 45.0. The number of piperazine rings is 1. The number of sulfonamides is 1. The number of rotatable bonds is 17. The lowest BCUT2D eigenvalue weighted by atomic mass is 9.99. The van der Waals surface area contributed by atoms with Crippen molar-refractivity contribution in [2.24, 2.45) is 5.73 Å². The molecule has 1 atom stereocenters. The van der Waals surface area contributed by atoms with Gasteiger partial charge < -0.3 is 20.9 Å². The van der Waals surface area contributed by atoms with Crippen molar-refractivity contribution in [1.29, 1.82) is 0 Å². The van der Waals surface area contributed by atoms with Gasteiger partial charge in [0.2, 0.25) is 0 Å². The molecule has 6 rings (SSSR count). The topological polar surface area (TPSA) is 168 Å². The van der Waals surface area contributed by atoms with Gasteiger partial charge in [0.05, 0.1) is 15.4 Å². The maximum Gasteiger partial charge on any atom is 0.341 e. The third-order valence-electron chi connectivity index (χ3n) is 10.0. The van der Waals surface area contributed by atoms with Gasteiger partial charge in [-0.25, -0.2) is 18.3 Å². The van der Waals surface area contributed by atoms with Gasteiger partial charge in [0.15, 0.2) is 0 Å². The van der Waals surface area contributed by atoms with E-state index in [1.54, 1.807) is 23.9 Å². The molecule has 2 amide bonds. The quantitative estimate of drug-likeness (QED) is 0.0569. The molecule has 13 nitrogen and oxygen atoms in total. The predicted molar refractivity (Wildman–Crippen MR) is 233 cm³/mol. The Labute approximate surface area is 353 Å². The number of benzene rings is 5. The van der Waals surface area contributed by atoms with Crippen LogP contribution in [0.2, 0.25) is 5.02 Å². The maximum atomic E-state index is 13.6. The van der Waals surface area contributed by atoms with Crippen molar-refractivity contribution in [2.75, 3.05) is 62.8 Å². The fourth-order valence-electron chi connectivity index (χ4n) is 6.82. The minimum absolute atomic E-state index is 0.0793. The van der Waals surface area contributed by atoms with Gasteiger partial charge in [-0.1, -0.05) is 66.2 Å². The molecule has 1 saturated heterocycles. The van der Waals surface area contributed by atoms with Crippen molar-refractivity contribution in [3.8, 4) is 11.1 Å². The standard InChI is InChI=1S/C43H46ClN7O6S2/c1-48(2)21-20-34(29-58-36-9-4-3-5-10-36)46-41-39(42(45)52)26-37(27-40(41)51(54)55)59(56,57)47-43(53)31-14-18-35(19-15-31)50-24-22-49(23-25-50)28-32-8-6-7-11-38(32)30-12-16-33(44)17-13-30/h3-19,26-27,34H,20-25,28-29H2,1-2H3,(H4-,45,46,47,52,53,54,55)/p+1/t34-/m1/s1. The predicted octanol–water partition coefficient (Wildman–Crippen LogP) is 6.87. The molecule has 0 aromatic heterocycles. The third kappa shape index (κ3) is 11.4. The number of nitrogens with one attached hydrogen (secondary N) is 2. The molecule has 0 saturated carbocycles. The SMILES string of the molecule is CN(C)CC[C@H](CSc1ccccc1)Nc1c(C(N)=O)cc(S(=O)(=O)NC(=O)c2ccc(N3CCN(Cc4ccccc4-c4ccc(Cl)cc4)CC3)cc2)cc1[N+](=O)O. The molecule has 5 aromatic rings. The van der Waals surface area contributed by atoms with Gasteiger partial charge in [-0.3, -0.25) is 14.5 Å². The van der Waals surface area contributed by atoms with Crippen molar-refractivity contribution >= 4 is 62.3 Å². The third-order valence-corrected chi connectivity index (χ3v) is 12.7. The molecule has 16 heteroatoms. The molecular formula is C43H47ClN7O6S2+. The molecule has 0 radical (unpaired) electrons. The molecule has 5 aromatic carbocycles. The Bertz CT molecular complexity index is 2340. The Balaban J connectivity index is 1.12. The fourth-order valence-corrected chi connectivity index (χ4v) is 8.96. The monoisotopic (exact) mass is 856 g/mol. The van der Waals surface area contributed by atoms with E-state index in [0.29, 0.717) is 23.7 Å². The molecule has 1 fully saturated rings. The highest BCUT2D eigenvalue weighted by molar-refractivity contribution is 7.99. The summed E-state index contributed by atoms with van der Waals surface area (Å²) in [7, 11) is -0.846. The minimum Gasteiger partial charge on any atom is -0.375 e. The van der Waals surface area contributed by atoms with Gasteiger partial charge in [-0.05, 0) is 98.3 Å². The van der Waals surface area contributed by atoms with Crippen molar-refractivity contribution in [3.63, 3.8) is 0 Å². The summed E-state index contributed by atoms with van der Waals surface area (Å²) in [6.45, 7) is 4.57. The van der Waals surface area contributed by atoms with Gasteiger partial charge in [-0.15, -0.1) is 11.8 Å². The molecule has 0 unspecified atom stereocenters. The van der Waals surface area contributed by atoms with Crippen molar-refractivity contribution < 1.29 is 28.1 Å². The zero-order valence-electron chi connectivity index (χ0n) is 32.8. The van der Waals surface area contributed by atoms with Crippen LogP contribution < -0.4 is 20.7 Å². The summed E-state index contributed by atoms with van der Waals surface area (Å²) >= 11 is 7.66. The van der Waals surface area contributed by atoms with Crippen LogP contribution in [0.3, 0.4) is 0 Å². The summed E-state index contributed by atoms with van der Waals surface area (Å²) in [6.07, 6.45) is 0.570. The van der Waals surface area contributed by atoms with Crippen LogP contribution in [0.4, 0.5) is 17.1 Å². The van der Waals surface area contributed by atoms with E-state index in [1.807, 2.05) is 90.4 Å². The van der Waals surface area contributed by atoms with Crippen LogP contribution in [0, 0.1) is 4.91 Å². The number of nitrogens with two attached hydrogens (primary N) is 1. The van der Waals surface area contributed by atoms with Crippen molar-refractivity contribution in [3.05, 3.63) is 142 Å². The molecule has 5 N–H and O–H groups in total. The normalized spacial score (nSPS) is 13.9. The van der Waals surface area contributed by atoms with E-state index in [1.165, 1.54) is 23.3 Å². The highest BCUT2D eigenvalue weighted by atomic mass is 35.5. The minimum atomic E-state index is -4.66. The Morgan fingerprint density at radius 3 is 2.22 bits per heavy atom. The van der Waals surface area contributed by atoms with E-state index in [9.17, 15) is 28.1 Å². The van der Waals surface area contributed by atoms with E-state index >= 15 is 0 Å². The second kappa shape index (κ2) is 19.5. The molecule has 0 aliphatic carbocycles. The number of amides is 2. The number of hydrogen-bond acceptors (Lipinski definition) is 10. The van der Waals surface area contributed by atoms with Crippen LogP contribution in [0.5, 0.6) is 0 Å². The molecular weight excluding hydrogens is 810 g/mol. The van der Waals surface area contributed by atoms with Crippen LogP contribution in [-0.4, -0.2) is 98.8 Å². The van der Waals surface area contributed by atoms with Gasteiger partial charge in [-0.2, -0.15) is 0 Å². The number of primary amides is 1. The first-order valence-electron chi connectivity index (χ1n) is 19.0. The van der Waals surface area contributed by atoms with Gasteiger partial charge >= 0.3 is 5.69 Å². The molecule has 0 spiro atoms. The first-order valence-corrected chi connectivity index (χ1v) is 21.8. The summed E-state index contributed by atoms with van der Waals surface area (Å²) in [6, 6.07) is 34.0. The van der Waals surface area contributed by atoms with Crippen LogP contribution in [0.1, 0.15) is 32.7 Å². The fraction of sp³-hybridized carbons (Fsp3) is 0.256. The number of nitrogens with zero attached hydrogens (tertiary/aromatic N) is 4. The van der Waals surface area contributed by atoms with Gasteiger partial charge in [0.1, 0.15) is 5.69 Å². The molecule has 1 aliphatic heterocycles. The van der Waals surface area contributed by atoms with E-state index < -0.39 is 37.3 Å². The summed E-state index contributed by atoms with van der Waals surface area (Å²) < 4.78 is 29.2. The van der Waals surface area contributed by atoms with Crippen LogP contribution in [-0.2, 0) is 16.6 Å². The Morgan fingerprint density at radius 1 is 0.915 bits per heavy atom. The van der Waals surface area contributed by atoms with E-state index in [-0.39, 0.29) is 22.9 Å². The number of halogens is 1. The average Bonchev–Trinajstić information content (AvgIpc) is 3.22. The van der Waals surface area contributed by atoms with Crippen molar-refractivity contribution in [2.45, 2.75) is 28.8 Å². The lowest BCUT2D eigenvalue weighted by Gasteiger charge is -2.36. The van der Waals surface area contributed by atoms with E-state index in [4.69, 9.17) is 17.3 Å². The molecule has 1 heterocycles. The number of anilines is 2. The summed E-state index contributed by atoms with van der Waals surface area (Å²) in [5.74, 6) is -1.46.